The highest BCUT2D eigenvalue weighted by Crippen LogP contribution is 1.96. The van der Waals surface area contributed by atoms with E-state index in [1.807, 2.05) is 0 Å². The number of nitrogen functional groups attached to an aromatic ring is 1. The number of methoxy groups -OCH3 is 1. The number of rotatable bonds is 7. The lowest BCUT2D eigenvalue weighted by atomic mass is 10.3. The number of aromatic nitrogens is 1. The molecule has 0 aliphatic heterocycles. The highest BCUT2D eigenvalue weighted by Gasteiger charge is 2.11. The molecule has 1 aromatic rings. The van der Waals surface area contributed by atoms with E-state index in [1.54, 1.807) is 6.92 Å². The zero-order chi connectivity index (χ0) is 15.8. The lowest BCUT2D eigenvalue weighted by Crippen LogP contribution is -2.38. The molecule has 0 saturated heterocycles. The predicted octanol–water partition coefficient (Wildman–Crippen LogP) is -0.875. The molecular formula is C13H19N3O5. The van der Waals surface area contributed by atoms with Crippen molar-refractivity contribution in [2.24, 2.45) is 0 Å². The number of ether oxygens (including phenoxy) is 2. The van der Waals surface area contributed by atoms with Crippen LogP contribution in [-0.4, -0.2) is 42.8 Å². The van der Waals surface area contributed by atoms with E-state index in [0.29, 0.717) is 12.3 Å². The van der Waals surface area contributed by atoms with Gasteiger partial charge in [0.2, 0.25) is 0 Å². The standard InChI is InChI=1S/C13H19N3O5/c1-9(7-20-2)15-11(17)8-21-13(19)6-16-5-10(14)3-4-12(16)18/h3-5,9H,6-8,14H2,1-2H3,(H,15,17). The van der Waals surface area contributed by atoms with E-state index >= 15 is 0 Å². The number of carbonyl (C=O) groups excluding carboxylic acids is 2. The molecule has 0 aliphatic rings. The van der Waals surface area contributed by atoms with Crippen LogP contribution in [0.3, 0.4) is 0 Å². The molecule has 0 spiro atoms. The fourth-order valence-electron chi connectivity index (χ4n) is 1.61. The van der Waals surface area contributed by atoms with Gasteiger partial charge in [0.05, 0.1) is 6.61 Å². The summed E-state index contributed by atoms with van der Waals surface area (Å²) in [5, 5.41) is 2.59. The van der Waals surface area contributed by atoms with Crippen LogP contribution in [0.4, 0.5) is 5.69 Å². The molecule has 1 unspecified atom stereocenters. The molecular weight excluding hydrogens is 278 g/mol. The first-order valence-electron chi connectivity index (χ1n) is 6.32. The Morgan fingerprint density at radius 2 is 2.14 bits per heavy atom. The summed E-state index contributed by atoms with van der Waals surface area (Å²) in [7, 11) is 1.52. The van der Waals surface area contributed by atoms with E-state index in [4.69, 9.17) is 15.2 Å². The SMILES string of the molecule is COCC(C)NC(=O)COC(=O)Cn1cc(N)ccc1=O. The minimum Gasteiger partial charge on any atom is -0.454 e. The molecule has 0 fully saturated rings. The number of hydrogen-bond donors (Lipinski definition) is 2. The zero-order valence-electron chi connectivity index (χ0n) is 12.0. The first-order valence-corrected chi connectivity index (χ1v) is 6.32. The molecule has 0 saturated carbocycles. The molecule has 1 aromatic heterocycles. The summed E-state index contributed by atoms with van der Waals surface area (Å²) in [6.07, 6.45) is 1.34. The Kier molecular flexibility index (Phi) is 6.41. The summed E-state index contributed by atoms with van der Waals surface area (Å²) < 4.78 is 10.8. The molecule has 1 heterocycles. The van der Waals surface area contributed by atoms with Gasteiger partial charge in [0.1, 0.15) is 6.54 Å². The smallest absolute Gasteiger partial charge is 0.326 e. The Hall–Kier alpha value is -2.35. The normalized spacial score (nSPS) is 11.7. The van der Waals surface area contributed by atoms with Crippen LogP contribution in [0.5, 0.6) is 0 Å². The van der Waals surface area contributed by atoms with Crippen molar-refractivity contribution < 1.29 is 19.1 Å². The quantitative estimate of drug-likeness (QED) is 0.632. The Morgan fingerprint density at radius 3 is 2.81 bits per heavy atom. The molecule has 1 rings (SSSR count). The van der Waals surface area contributed by atoms with Crippen molar-refractivity contribution >= 4 is 17.6 Å². The van der Waals surface area contributed by atoms with Crippen molar-refractivity contribution in [3.8, 4) is 0 Å². The summed E-state index contributed by atoms with van der Waals surface area (Å²) in [6.45, 7) is 1.41. The fraction of sp³-hybridized carbons (Fsp3) is 0.462. The third-order valence-corrected chi connectivity index (χ3v) is 2.49. The average molecular weight is 297 g/mol. The molecule has 8 nitrogen and oxygen atoms in total. The van der Waals surface area contributed by atoms with Gasteiger partial charge in [-0.2, -0.15) is 0 Å². The van der Waals surface area contributed by atoms with Crippen molar-refractivity contribution in [3.63, 3.8) is 0 Å². The third kappa shape index (κ3) is 6.09. The lowest BCUT2D eigenvalue weighted by molar-refractivity contribution is -0.149. The first kappa shape index (κ1) is 16.7. The molecule has 1 atom stereocenters. The molecule has 3 N–H and O–H groups in total. The van der Waals surface area contributed by atoms with Crippen LogP contribution >= 0.6 is 0 Å². The van der Waals surface area contributed by atoms with Crippen LogP contribution < -0.4 is 16.6 Å². The van der Waals surface area contributed by atoms with Gasteiger partial charge in [0.15, 0.2) is 6.61 Å². The first-order chi connectivity index (χ1) is 9.92. The summed E-state index contributed by atoms with van der Waals surface area (Å²) >= 11 is 0. The molecule has 0 aromatic carbocycles. The Morgan fingerprint density at radius 1 is 1.43 bits per heavy atom. The molecule has 0 bridgehead atoms. The highest BCUT2D eigenvalue weighted by molar-refractivity contribution is 5.80. The van der Waals surface area contributed by atoms with Gasteiger partial charge in [-0.05, 0) is 13.0 Å². The number of carbonyl (C=O) groups is 2. The van der Waals surface area contributed by atoms with Crippen LogP contribution in [-0.2, 0) is 25.6 Å². The summed E-state index contributed by atoms with van der Waals surface area (Å²) in [5.74, 6) is -1.13. The lowest BCUT2D eigenvalue weighted by Gasteiger charge is -2.13. The van der Waals surface area contributed by atoms with Crippen molar-refractivity contribution in [2.75, 3.05) is 26.1 Å². The van der Waals surface area contributed by atoms with Gasteiger partial charge in [0.25, 0.3) is 11.5 Å². The largest absolute Gasteiger partial charge is 0.454 e. The van der Waals surface area contributed by atoms with Crippen molar-refractivity contribution in [3.05, 3.63) is 28.7 Å². The van der Waals surface area contributed by atoms with Crippen LogP contribution in [0.25, 0.3) is 0 Å². The summed E-state index contributed by atoms with van der Waals surface area (Å²) in [4.78, 5) is 34.5. The van der Waals surface area contributed by atoms with E-state index in [2.05, 4.69) is 5.32 Å². The number of nitrogens with two attached hydrogens (primary N) is 1. The second kappa shape index (κ2) is 8.05. The summed E-state index contributed by atoms with van der Waals surface area (Å²) in [5.41, 5.74) is 5.50. The van der Waals surface area contributed by atoms with E-state index in [9.17, 15) is 14.4 Å². The van der Waals surface area contributed by atoms with Gasteiger partial charge in [-0.1, -0.05) is 0 Å². The van der Waals surface area contributed by atoms with Gasteiger partial charge in [-0.3, -0.25) is 14.4 Å². The maximum Gasteiger partial charge on any atom is 0.326 e. The minimum absolute atomic E-state index is 0.183. The van der Waals surface area contributed by atoms with Gasteiger partial charge in [0, 0.05) is 31.1 Å². The van der Waals surface area contributed by atoms with E-state index < -0.39 is 18.5 Å². The Labute approximate surface area is 121 Å². The molecule has 116 valence electrons. The van der Waals surface area contributed by atoms with Crippen molar-refractivity contribution in [1.82, 2.24) is 9.88 Å². The number of pyridine rings is 1. The van der Waals surface area contributed by atoms with E-state index in [0.717, 1.165) is 4.57 Å². The topological polar surface area (TPSA) is 113 Å². The van der Waals surface area contributed by atoms with Gasteiger partial charge in [-0.15, -0.1) is 0 Å². The average Bonchev–Trinajstić information content (AvgIpc) is 2.41. The number of anilines is 1. The molecule has 0 aliphatic carbocycles. The Bertz CT molecular complexity index is 555. The van der Waals surface area contributed by atoms with Gasteiger partial charge < -0.3 is 25.1 Å². The van der Waals surface area contributed by atoms with Crippen LogP contribution in [0, 0.1) is 0 Å². The van der Waals surface area contributed by atoms with Gasteiger partial charge >= 0.3 is 5.97 Å². The predicted molar refractivity (Wildman–Crippen MR) is 75.6 cm³/mol. The second-order valence-electron chi connectivity index (χ2n) is 4.51. The van der Waals surface area contributed by atoms with Crippen LogP contribution in [0.15, 0.2) is 23.1 Å². The second-order valence-corrected chi connectivity index (χ2v) is 4.51. The fourth-order valence-corrected chi connectivity index (χ4v) is 1.61. The minimum atomic E-state index is -0.697. The number of esters is 1. The third-order valence-electron chi connectivity index (χ3n) is 2.49. The molecule has 1 amide bonds. The van der Waals surface area contributed by atoms with Gasteiger partial charge in [-0.25, -0.2) is 0 Å². The molecule has 0 radical (unpaired) electrons. The zero-order valence-corrected chi connectivity index (χ0v) is 12.0. The number of hydrogen-bond acceptors (Lipinski definition) is 6. The van der Waals surface area contributed by atoms with Crippen LogP contribution in [0.2, 0.25) is 0 Å². The van der Waals surface area contributed by atoms with E-state index in [-0.39, 0.29) is 18.1 Å². The van der Waals surface area contributed by atoms with Crippen molar-refractivity contribution in [1.29, 1.82) is 0 Å². The Balaban J connectivity index is 2.42. The molecule has 8 heteroatoms. The van der Waals surface area contributed by atoms with E-state index in [1.165, 1.54) is 25.4 Å². The number of nitrogens with zero attached hydrogens (tertiary/aromatic N) is 1. The maximum atomic E-state index is 11.6. The number of nitrogens with one attached hydrogen (secondary N) is 1. The highest BCUT2D eigenvalue weighted by atomic mass is 16.5. The number of amides is 1. The van der Waals surface area contributed by atoms with Crippen LogP contribution in [0.1, 0.15) is 6.92 Å². The monoisotopic (exact) mass is 297 g/mol. The van der Waals surface area contributed by atoms with Crippen molar-refractivity contribution in [2.45, 2.75) is 19.5 Å². The molecule has 21 heavy (non-hydrogen) atoms. The summed E-state index contributed by atoms with van der Waals surface area (Å²) in [6, 6.07) is 2.51. The maximum absolute atomic E-state index is 11.6.